The zero-order chi connectivity index (χ0) is 19.3. The third-order valence-electron chi connectivity index (χ3n) is 4.74. The Hall–Kier alpha value is -1.05. The number of hydrogen-bond acceptors (Lipinski definition) is 2. The van der Waals surface area contributed by atoms with Crippen LogP contribution in [-0.2, 0) is 9.53 Å². The van der Waals surface area contributed by atoms with Gasteiger partial charge in [-0.3, -0.25) is 0 Å². The van der Waals surface area contributed by atoms with Crippen molar-refractivity contribution in [3.05, 3.63) is 24.3 Å². The first kappa shape index (κ1) is 24.9. The van der Waals surface area contributed by atoms with Crippen molar-refractivity contribution in [2.75, 3.05) is 6.61 Å². The molecule has 0 heterocycles. The molecule has 0 aromatic heterocycles. The minimum atomic E-state index is -0.260. The predicted octanol–water partition coefficient (Wildman–Crippen LogP) is 7.92. The fourth-order valence-electron chi connectivity index (χ4n) is 2.99. The molecule has 2 nitrogen and oxygen atoms in total. The van der Waals surface area contributed by atoms with E-state index in [2.05, 4.69) is 25.7 Å². The summed E-state index contributed by atoms with van der Waals surface area (Å²) in [7, 11) is 0. The molecule has 0 unspecified atom stereocenters. The average molecular weight is 365 g/mol. The molecule has 0 rings (SSSR count). The van der Waals surface area contributed by atoms with Crippen molar-refractivity contribution in [1.29, 1.82) is 0 Å². The summed E-state index contributed by atoms with van der Waals surface area (Å²) in [5.41, 5.74) is 0.487. The Kier molecular flexibility index (Phi) is 19.4. The lowest BCUT2D eigenvalue weighted by molar-refractivity contribution is -0.139. The van der Waals surface area contributed by atoms with Crippen molar-refractivity contribution in [1.82, 2.24) is 0 Å². The lowest BCUT2D eigenvalue weighted by Crippen LogP contribution is -2.05. The maximum Gasteiger partial charge on any atom is 0.333 e. The van der Waals surface area contributed by atoms with Crippen molar-refractivity contribution in [3.63, 3.8) is 0 Å². The predicted molar refractivity (Wildman–Crippen MR) is 114 cm³/mol. The Labute approximate surface area is 163 Å². The number of rotatable bonds is 19. The SMILES string of the molecule is C=C(C)C(=O)OCCCCCCCC/C=C\CCCCCCCCCC. The van der Waals surface area contributed by atoms with E-state index in [9.17, 15) is 4.79 Å². The van der Waals surface area contributed by atoms with Gasteiger partial charge in [0.15, 0.2) is 0 Å². The van der Waals surface area contributed by atoms with Gasteiger partial charge in [-0.2, -0.15) is 0 Å². The largest absolute Gasteiger partial charge is 0.462 e. The van der Waals surface area contributed by atoms with Crippen LogP contribution in [0.4, 0.5) is 0 Å². The third kappa shape index (κ3) is 19.3. The molecule has 0 saturated heterocycles. The topological polar surface area (TPSA) is 26.3 Å². The zero-order valence-electron chi connectivity index (χ0n) is 17.7. The summed E-state index contributed by atoms with van der Waals surface area (Å²) < 4.78 is 5.08. The molecule has 0 aromatic rings. The minimum absolute atomic E-state index is 0.260. The van der Waals surface area contributed by atoms with E-state index < -0.39 is 0 Å². The molecular formula is C24H44O2. The summed E-state index contributed by atoms with van der Waals surface area (Å²) in [5.74, 6) is -0.260. The van der Waals surface area contributed by atoms with Crippen LogP contribution in [0.3, 0.4) is 0 Å². The van der Waals surface area contributed by atoms with Crippen LogP contribution in [0.25, 0.3) is 0 Å². The van der Waals surface area contributed by atoms with Crippen LogP contribution >= 0.6 is 0 Å². The molecule has 0 bridgehead atoms. The van der Waals surface area contributed by atoms with Crippen LogP contribution in [0, 0.1) is 0 Å². The quantitative estimate of drug-likeness (QED) is 0.101. The molecule has 2 heteroatoms. The number of esters is 1. The minimum Gasteiger partial charge on any atom is -0.462 e. The Morgan fingerprint density at radius 3 is 1.62 bits per heavy atom. The maximum absolute atomic E-state index is 11.2. The Bertz CT molecular complexity index is 357. The number of carbonyl (C=O) groups is 1. The smallest absolute Gasteiger partial charge is 0.333 e. The molecule has 0 saturated carbocycles. The van der Waals surface area contributed by atoms with Gasteiger partial charge in [0.2, 0.25) is 0 Å². The second-order valence-corrected chi connectivity index (χ2v) is 7.56. The summed E-state index contributed by atoms with van der Waals surface area (Å²) in [5, 5.41) is 0. The number of allylic oxidation sites excluding steroid dienone is 2. The molecule has 0 radical (unpaired) electrons. The molecule has 152 valence electrons. The number of hydrogen-bond donors (Lipinski definition) is 0. The number of unbranched alkanes of at least 4 members (excludes halogenated alkanes) is 14. The molecular weight excluding hydrogens is 320 g/mol. The van der Waals surface area contributed by atoms with E-state index in [1.807, 2.05) is 0 Å². The molecule has 0 fully saturated rings. The van der Waals surface area contributed by atoms with E-state index >= 15 is 0 Å². The molecule has 0 N–H and O–H groups in total. The fourth-order valence-corrected chi connectivity index (χ4v) is 2.99. The molecule has 0 spiro atoms. The monoisotopic (exact) mass is 364 g/mol. The molecule has 0 aliphatic heterocycles. The molecule has 0 atom stereocenters. The van der Waals surface area contributed by atoms with Gasteiger partial charge in [0.05, 0.1) is 6.61 Å². The second-order valence-electron chi connectivity index (χ2n) is 7.56. The standard InChI is InChI=1S/C24H44O2/c1-4-5-6-7-8-9-10-11-12-13-14-15-16-17-18-19-20-21-22-26-24(25)23(2)3/h13-14H,2,4-12,15-22H2,1,3H3/b14-13-. The van der Waals surface area contributed by atoms with Crippen molar-refractivity contribution in [2.45, 2.75) is 117 Å². The van der Waals surface area contributed by atoms with Crippen LogP contribution in [0.5, 0.6) is 0 Å². The van der Waals surface area contributed by atoms with Crippen molar-refractivity contribution < 1.29 is 9.53 Å². The third-order valence-corrected chi connectivity index (χ3v) is 4.74. The van der Waals surface area contributed by atoms with Crippen molar-refractivity contribution in [2.24, 2.45) is 0 Å². The first-order valence-corrected chi connectivity index (χ1v) is 11.2. The van der Waals surface area contributed by atoms with Gasteiger partial charge in [0, 0.05) is 5.57 Å². The lowest BCUT2D eigenvalue weighted by Gasteiger charge is -2.04. The van der Waals surface area contributed by atoms with E-state index in [1.54, 1.807) is 6.92 Å². The van der Waals surface area contributed by atoms with Gasteiger partial charge in [-0.25, -0.2) is 4.79 Å². The van der Waals surface area contributed by atoms with Gasteiger partial charge < -0.3 is 4.74 Å². The highest BCUT2D eigenvalue weighted by molar-refractivity contribution is 5.86. The number of ether oxygens (including phenoxy) is 1. The van der Waals surface area contributed by atoms with Crippen LogP contribution in [-0.4, -0.2) is 12.6 Å². The van der Waals surface area contributed by atoms with Crippen molar-refractivity contribution >= 4 is 5.97 Å². The highest BCUT2D eigenvalue weighted by atomic mass is 16.5. The van der Waals surface area contributed by atoms with Crippen LogP contribution in [0.2, 0.25) is 0 Å². The lowest BCUT2D eigenvalue weighted by atomic mass is 10.1. The molecule has 0 aliphatic carbocycles. The van der Waals surface area contributed by atoms with Gasteiger partial charge in [-0.1, -0.05) is 96.3 Å². The van der Waals surface area contributed by atoms with Gasteiger partial charge in [-0.15, -0.1) is 0 Å². The highest BCUT2D eigenvalue weighted by Gasteiger charge is 2.01. The van der Waals surface area contributed by atoms with Crippen LogP contribution in [0.1, 0.15) is 117 Å². The average Bonchev–Trinajstić information content (AvgIpc) is 2.63. The van der Waals surface area contributed by atoms with Gasteiger partial charge in [-0.05, 0) is 39.0 Å². The Morgan fingerprint density at radius 2 is 1.15 bits per heavy atom. The molecule has 0 aromatic carbocycles. The van der Waals surface area contributed by atoms with E-state index in [0.29, 0.717) is 12.2 Å². The fraction of sp³-hybridized carbons (Fsp3) is 0.792. The molecule has 0 aliphatic rings. The van der Waals surface area contributed by atoms with Gasteiger partial charge in [0.25, 0.3) is 0 Å². The summed E-state index contributed by atoms with van der Waals surface area (Å²) in [4.78, 5) is 11.2. The first-order valence-electron chi connectivity index (χ1n) is 11.2. The zero-order valence-corrected chi connectivity index (χ0v) is 17.7. The summed E-state index contributed by atoms with van der Waals surface area (Å²) in [6.45, 7) is 8.07. The van der Waals surface area contributed by atoms with Crippen LogP contribution in [0.15, 0.2) is 24.3 Å². The summed E-state index contributed by atoms with van der Waals surface area (Å²) in [6.07, 6.45) is 25.8. The maximum atomic E-state index is 11.2. The van der Waals surface area contributed by atoms with Crippen LogP contribution < -0.4 is 0 Å². The first-order chi connectivity index (χ1) is 12.7. The van der Waals surface area contributed by atoms with E-state index in [-0.39, 0.29) is 5.97 Å². The normalized spacial score (nSPS) is 11.2. The Balaban J connectivity index is 3.15. The molecule has 26 heavy (non-hydrogen) atoms. The van der Waals surface area contributed by atoms with Gasteiger partial charge >= 0.3 is 5.97 Å². The highest BCUT2D eigenvalue weighted by Crippen LogP contribution is 2.11. The van der Waals surface area contributed by atoms with Gasteiger partial charge in [0.1, 0.15) is 0 Å². The van der Waals surface area contributed by atoms with E-state index in [4.69, 9.17) is 4.74 Å². The number of carbonyl (C=O) groups excluding carboxylic acids is 1. The Morgan fingerprint density at radius 1 is 0.731 bits per heavy atom. The summed E-state index contributed by atoms with van der Waals surface area (Å²) >= 11 is 0. The second kappa shape index (κ2) is 20.3. The van der Waals surface area contributed by atoms with E-state index in [0.717, 1.165) is 12.8 Å². The molecule has 0 amide bonds. The van der Waals surface area contributed by atoms with E-state index in [1.165, 1.54) is 89.9 Å². The van der Waals surface area contributed by atoms with Crippen molar-refractivity contribution in [3.8, 4) is 0 Å². The summed E-state index contributed by atoms with van der Waals surface area (Å²) in [6, 6.07) is 0.